The van der Waals surface area contributed by atoms with Crippen LogP contribution in [0.15, 0.2) is 12.5 Å². The molecule has 1 aromatic heterocycles. The molecule has 0 radical (unpaired) electrons. The van der Waals surface area contributed by atoms with Crippen molar-refractivity contribution in [2.45, 2.75) is 32.4 Å². The summed E-state index contributed by atoms with van der Waals surface area (Å²) in [5, 5.41) is 0. The normalized spacial score (nSPS) is 23.5. The van der Waals surface area contributed by atoms with Crippen LogP contribution in [0.25, 0.3) is 0 Å². The van der Waals surface area contributed by atoms with E-state index in [0.717, 1.165) is 18.8 Å². The molecule has 0 saturated heterocycles. The van der Waals surface area contributed by atoms with Crippen LogP contribution < -0.4 is 0 Å². The van der Waals surface area contributed by atoms with Gasteiger partial charge in [0.1, 0.15) is 0 Å². The number of aromatic nitrogens is 2. The molecule has 2 aliphatic rings. The molecule has 23 heavy (non-hydrogen) atoms. The Bertz CT molecular complexity index is 624. The standard InChI is InChI=1S/C15H26N4O3S/c1-17(2)23(20,21)19-8-14(11-22-10-13-4-3-5-13)7-18-12-16-6-15(18)9-19/h6,12-14H,3-5,7-11H2,1-2H3. The smallest absolute Gasteiger partial charge is 0.281 e. The number of hydrogen-bond donors (Lipinski definition) is 0. The minimum absolute atomic E-state index is 0.139. The highest BCUT2D eigenvalue weighted by Gasteiger charge is 2.31. The van der Waals surface area contributed by atoms with Gasteiger partial charge in [0.25, 0.3) is 10.2 Å². The third kappa shape index (κ3) is 3.76. The first kappa shape index (κ1) is 16.9. The first-order chi connectivity index (χ1) is 11.0. The molecule has 1 aliphatic heterocycles. The van der Waals surface area contributed by atoms with Gasteiger partial charge in [-0.15, -0.1) is 0 Å². The Morgan fingerprint density at radius 3 is 2.65 bits per heavy atom. The molecule has 0 bridgehead atoms. The predicted molar refractivity (Wildman–Crippen MR) is 86.9 cm³/mol. The van der Waals surface area contributed by atoms with E-state index in [0.29, 0.717) is 25.6 Å². The zero-order valence-corrected chi connectivity index (χ0v) is 14.7. The molecule has 8 heteroatoms. The van der Waals surface area contributed by atoms with Crippen LogP contribution in [-0.2, 0) is 28.0 Å². The van der Waals surface area contributed by atoms with E-state index in [-0.39, 0.29) is 5.92 Å². The van der Waals surface area contributed by atoms with Gasteiger partial charge < -0.3 is 9.30 Å². The second kappa shape index (κ2) is 6.88. The maximum Gasteiger partial charge on any atom is 0.281 e. The minimum Gasteiger partial charge on any atom is -0.381 e. The van der Waals surface area contributed by atoms with Crippen LogP contribution in [0.1, 0.15) is 25.0 Å². The van der Waals surface area contributed by atoms with Crippen molar-refractivity contribution in [3.63, 3.8) is 0 Å². The zero-order chi connectivity index (χ0) is 16.4. The highest BCUT2D eigenvalue weighted by Crippen LogP contribution is 2.27. The van der Waals surface area contributed by atoms with Gasteiger partial charge in [0, 0.05) is 45.9 Å². The van der Waals surface area contributed by atoms with Crippen molar-refractivity contribution in [2.24, 2.45) is 11.8 Å². The van der Waals surface area contributed by atoms with E-state index < -0.39 is 10.2 Å². The van der Waals surface area contributed by atoms with Crippen molar-refractivity contribution in [2.75, 3.05) is 33.9 Å². The summed E-state index contributed by atoms with van der Waals surface area (Å²) in [5.41, 5.74) is 0.928. The van der Waals surface area contributed by atoms with E-state index in [9.17, 15) is 8.42 Å². The molecule has 7 nitrogen and oxygen atoms in total. The van der Waals surface area contributed by atoms with Gasteiger partial charge in [-0.1, -0.05) is 6.42 Å². The van der Waals surface area contributed by atoms with Crippen LogP contribution >= 0.6 is 0 Å². The molecule has 130 valence electrons. The summed E-state index contributed by atoms with van der Waals surface area (Å²) in [4.78, 5) is 4.16. The molecule has 2 heterocycles. The largest absolute Gasteiger partial charge is 0.381 e. The highest BCUT2D eigenvalue weighted by molar-refractivity contribution is 7.86. The van der Waals surface area contributed by atoms with Crippen molar-refractivity contribution in [3.05, 3.63) is 18.2 Å². The molecule has 1 saturated carbocycles. The highest BCUT2D eigenvalue weighted by atomic mass is 32.2. The second-order valence-electron chi connectivity index (χ2n) is 6.82. The Labute approximate surface area is 138 Å². The van der Waals surface area contributed by atoms with Crippen molar-refractivity contribution in [3.8, 4) is 0 Å². The van der Waals surface area contributed by atoms with Crippen LogP contribution in [-0.4, -0.2) is 60.4 Å². The van der Waals surface area contributed by atoms with E-state index >= 15 is 0 Å². The van der Waals surface area contributed by atoms with Gasteiger partial charge in [-0.05, 0) is 18.8 Å². The quantitative estimate of drug-likeness (QED) is 0.771. The van der Waals surface area contributed by atoms with E-state index in [1.54, 1.807) is 26.6 Å². The van der Waals surface area contributed by atoms with Crippen LogP contribution in [0.3, 0.4) is 0 Å². The van der Waals surface area contributed by atoms with E-state index in [1.165, 1.54) is 27.9 Å². The lowest BCUT2D eigenvalue weighted by molar-refractivity contribution is 0.0414. The Kier molecular flexibility index (Phi) is 5.05. The Morgan fingerprint density at radius 1 is 1.26 bits per heavy atom. The molecule has 3 rings (SSSR count). The molecule has 1 fully saturated rings. The SMILES string of the molecule is CN(C)S(=O)(=O)N1Cc2cncn2CC(COCC2CCC2)C1. The van der Waals surface area contributed by atoms with Gasteiger partial charge in [-0.3, -0.25) is 0 Å². The van der Waals surface area contributed by atoms with Gasteiger partial charge in [-0.25, -0.2) is 4.98 Å². The molecular weight excluding hydrogens is 316 g/mol. The fourth-order valence-corrected chi connectivity index (χ4v) is 4.24. The topological polar surface area (TPSA) is 67.7 Å². The Morgan fingerprint density at radius 2 is 2.00 bits per heavy atom. The fraction of sp³-hybridized carbons (Fsp3) is 0.800. The summed E-state index contributed by atoms with van der Waals surface area (Å²) < 4.78 is 35.8. The molecular formula is C15H26N4O3S. The maximum absolute atomic E-state index is 12.5. The van der Waals surface area contributed by atoms with Gasteiger partial charge >= 0.3 is 0 Å². The third-order valence-corrected chi connectivity index (χ3v) is 6.63. The van der Waals surface area contributed by atoms with Gasteiger partial charge in [-0.2, -0.15) is 17.0 Å². The molecule has 1 unspecified atom stereocenters. The van der Waals surface area contributed by atoms with E-state index in [4.69, 9.17) is 4.74 Å². The summed E-state index contributed by atoms with van der Waals surface area (Å²) >= 11 is 0. The molecule has 1 atom stereocenters. The molecule has 1 aliphatic carbocycles. The lowest BCUT2D eigenvalue weighted by Gasteiger charge is -2.28. The summed E-state index contributed by atoms with van der Waals surface area (Å²) in [5.74, 6) is 0.839. The minimum atomic E-state index is -3.44. The van der Waals surface area contributed by atoms with Crippen LogP contribution in [0.5, 0.6) is 0 Å². The molecule has 0 aromatic carbocycles. The first-order valence-electron chi connectivity index (χ1n) is 8.21. The second-order valence-corrected chi connectivity index (χ2v) is 8.96. The van der Waals surface area contributed by atoms with Gasteiger partial charge in [0.15, 0.2) is 0 Å². The molecule has 1 aromatic rings. The number of nitrogens with zero attached hydrogens (tertiary/aromatic N) is 4. The average Bonchev–Trinajstić information content (AvgIpc) is 2.79. The van der Waals surface area contributed by atoms with E-state index in [2.05, 4.69) is 4.98 Å². The third-order valence-electron chi connectivity index (χ3n) is 4.77. The van der Waals surface area contributed by atoms with E-state index in [1.807, 2.05) is 4.57 Å². The number of fused-ring (bicyclic) bond motifs is 1. The number of imidazole rings is 1. The summed E-state index contributed by atoms with van der Waals surface area (Å²) in [6.07, 6.45) is 7.36. The number of hydrogen-bond acceptors (Lipinski definition) is 4. The summed E-state index contributed by atoms with van der Waals surface area (Å²) in [6, 6.07) is 0. The lowest BCUT2D eigenvalue weighted by atomic mass is 9.86. The van der Waals surface area contributed by atoms with Crippen LogP contribution in [0.2, 0.25) is 0 Å². The molecule has 0 spiro atoms. The summed E-state index contributed by atoms with van der Waals surface area (Å²) in [7, 11) is -0.304. The predicted octanol–water partition coefficient (Wildman–Crippen LogP) is 0.938. The van der Waals surface area contributed by atoms with Crippen molar-refractivity contribution < 1.29 is 13.2 Å². The molecule has 0 N–H and O–H groups in total. The Balaban J connectivity index is 1.69. The fourth-order valence-electron chi connectivity index (χ4n) is 3.09. The zero-order valence-electron chi connectivity index (χ0n) is 13.9. The lowest BCUT2D eigenvalue weighted by Crippen LogP contribution is -2.42. The molecule has 0 amide bonds. The first-order valence-corrected chi connectivity index (χ1v) is 9.61. The number of rotatable bonds is 6. The van der Waals surface area contributed by atoms with Crippen molar-refractivity contribution >= 4 is 10.2 Å². The average molecular weight is 342 g/mol. The van der Waals surface area contributed by atoms with Gasteiger partial charge in [0.2, 0.25) is 0 Å². The van der Waals surface area contributed by atoms with Crippen LogP contribution in [0.4, 0.5) is 0 Å². The monoisotopic (exact) mass is 342 g/mol. The van der Waals surface area contributed by atoms with Crippen molar-refractivity contribution in [1.29, 1.82) is 0 Å². The van der Waals surface area contributed by atoms with Gasteiger partial charge in [0.05, 0.1) is 25.2 Å². The number of ether oxygens (including phenoxy) is 1. The maximum atomic E-state index is 12.5. The van der Waals surface area contributed by atoms with Crippen molar-refractivity contribution in [1.82, 2.24) is 18.2 Å². The Hall–Kier alpha value is -0.960. The van der Waals surface area contributed by atoms with Crippen LogP contribution in [0, 0.1) is 11.8 Å². The summed E-state index contributed by atoms with van der Waals surface area (Å²) in [6.45, 7) is 2.98.